The molecule has 1 aliphatic carbocycles. The summed E-state index contributed by atoms with van der Waals surface area (Å²) in [6.07, 6.45) is 4.15. The molecule has 3 nitrogen and oxygen atoms in total. The van der Waals surface area contributed by atoms with E-state index in [1.165, 1.54) is 18.5 Å². The molecule has 18 heavy (non-hydrogen) atoms. The van der Waals surface area contributed by atoms with Crippen LogP contribution in [0.15, 0.2) is 6.07 Å². The summed E-state index contributed by atoms with van der Waals surface area (Å²) in [5.74, 6) is 0.429. The van der Waals surface area contributed by atoms with Crippen LogP contribution in [0.4, 0.5) is 0 Å². The second kappa shape index (κ2) is 5.04. The van der Waals surface area contributed by atoms with Gasteiger partial charge in [0.25, 0.3) is 0 Å². The van der Waals surface area contributed by atoms with Crippen molar-refractivity contribution in [3.8, 4) is 0 Å². The zero-order chi connectivity index (χ0) is 13.3. The van der Waals surface area contributed by atoms with Crippen molar-refractivity contribution < 1.29 is 5.11 Å². The van der Waals surface area contributed by atoms with Gasteiger partial charge in [-0.05, 0) is 44.1 Å². The largest absolute Gasteiger partial charge is 0.392 e. The lowest BCUT2D eigenvalue weighted by molar-refractivity contribution is 0.0528. The summed E-state index contributed by atoms with van der Waals surface area (Å²) in [5, 5.41) is 15.0. The highest BCUT2D eigenvalue weighted by molar-refractivity contribution is 5.11. The van der Waals surface area contributed by atoms with E-state index in [-0.39, 0.29) is 11.5 Å². The average Bonchev–Trinajstić information content (AvgIpc) is 2.80. The van der Waals surface area contributed by atoms with Gasteiger partial charge < -0.3 is 5.11 Å². The SMILES string of the molecule is CCn1nc(C)cc1CC(O)C1CCCC1(C)C. The van der Waals surface area contributed by atoms with Crippen LogP contribution in [0.1, 0.15) is 51.4 Å². The van der Waals surface area contributed by atoms with E-state index in [1.54, 1.807) is 0 Å². The van der Waals surface area contributed by atoms with Gasteiger partial charge in [0, 0.05) is 18.7 Å². The van der Waals surface area contributed by atoms with Gasteiger partial charge in [-0.2, -0.15) is 5.10 Å². The summed E-state index contributed by atoms with van der Waals surface area (Å²) in [4.78, 5) is 0. The van der Waals surface area contributed by atoms with Crippen LogP contribution in [-0.2, 0) is 13.0 Å². The van der Waals surface area contributed by atoms with E-state index in [0.29, 0.717) is 5.92 Å². The number of rotatable bonds is 4. The third kappa shape index (κ3) is 2.61. The fourth-order valence-electron chi connectivity index (χ4n) is 3.46. The molecule has 1 aliphatic rings. The highest BCUT2D eigenvalue weighted by Crippen LogP contribution is 2.44. The molecule has 2 unspecified atom stereocenters. The van der Waals surface area contributed by atoms with Gasteiger partial charge in [-0.15, -0.1) is 0 Å². The third-order valence-electron chi connectivity index (χ3n) is 4.51. The van der Waals surface area contributed by atoms with Crippen LogP contribution in [0, 0.1) is 18.3 Å². The number of aromatic nitrogens is 2. The minimum absolute atomic E-state index is 0.233. The van der Waals surface area contributed by atoms with Gasteiger partial charge in [-0.25, -0.2) is 0 Å². The van der Waals surface area contributed by atoms with E-state index >= 15 is 0 Å². The average molecular weight is 250 g/mol. The normalized spacial score (nSPS) is 24.4. The number of aliphatic hydroxyl groups is 1. The molecule has 0 saturated heterocycles. The summed E-state index contributed by atoms with van der Waals surface area (Å²) in [6.45, 7) is 9.57. The maximum absolute atomic E-state index is 10.5. The van der Waals surface area contributed by atoms with Gasteiger partial charge in [0.05, 0.1) is 11.8 Å². The van der Waals surface area contributed by atoms with Gasteiger partial charge in [0.1, 0.15) is 0 Å². The lowest BCUT2D eigenvalue weighted by Crippen LogP contribution is -2.31. The van der Waals surface area contributed by atoms with E-state index in [1.807, 2.05) is 11.6 Å². The Morgan fingerprint density at radius 3 is 2.83 bits per heavy atom. The quantitative estimate of drug-likeness (QED) is 0.892. The molecule has 1 heterocycles. The molecular weight excluding hydrogens is 224 g/mol. The standard InChI is InChI=1S/C15H26N2O/c1-5-17-12(9-11(2)16-17)10-14(18)13-7-6-8-15(13,3)4/h9,13-14,18H,5-8,10H2,1-4H3. The van der Waals surface area contributed by atoms with Crippen molar-refractivity contribution in [1.29, 1.82) is 0 Å². The van der Waals surface area contributed by atoms with Crippen molar-refractivity contribution in [3.05, 3.63) is 17.5 Å². The number of hydrogen-bond donors (Lipinski definition) is 1. The number of aryl methyl sites for hydroxylation is 2. The van der Waals surface area contributed by atoms with Gasteiger partial charge in [-0.3, -0.25) is 4.68 Å². The monoisotopic (exact) mass is 250 g/mol. The van der Waals surface area contributed by atoms with E-state index in [4.69, 9.17) is 0 Å². The van der Waals surface area contributed by atoms with E-state index in [2.05, 4.69) is 31.9 Å². The van der Waals surface area contributed by atoms with Crippen LogP contribution in [-0.4, -0.2) is 21.0 Å². The topological polar surface area (TPSA) is 38.0 Å². The summed E-state index contributed by atoms with van der Waals surface area (Å²) < 4.78 is 2.01. The molecule has 0 spiro atoms. The second-order valence-electron chi connectivity index (χ2n) is 6.35. The van der Waals surface area contributed by atoms with Crippen molar-refractivity contribution >= 4 is 0 Å². The van der Waals surface area contributed by atoms with Crippen LogP contribution in [0.25, 0.3) is 0 Å². The maximum Gasteiger partial charge on any atom is 0.0628 e. The molecule has 0 radical (unpaired) electrons. The minimum atomic E-state index is -0.233. The van der Waals surface area contributed by atoms with Crippen LogP contribution in [0.2, 0.25) is 0 Å². The molecule has 0 amide bonds. The highest BCUT2D eigenvalue weighted by Gasteiger charge is 2.39. The van der Waals surface area contributed by atoms with Gasteiger partial charge in [0.15, 0.2) is 0 Å². The summed E-state index contributed by atoms with van der Waals surface area (Å²) >= 11 is 0. The predicted molar refractivity (Wildman–Crippen MR) is 73.5 cm³/mol. The number of aliphatic hydroxyl groups excluding tert-OH is 1. The summed E-state index contributed by atoms with van der Waals surface area (Å²) in [6, 6.07) is 2.11. The Morgan fingerprint density at radius 2 is 2.28 bits per heavy atom. The molecule has 102 valence electrons. The van der Waals surface area contributed by atoms with Crippen molar-refractivity contribution in [1.82, 2.24) is 9.78 Å². The Hall–Kier alpha value is -0.830. The Kier molecular flexibility index (Phi) is 3.81. The van der Waals surface area contributed by atoms with E-state index in [9.17, 15) is 5.11 Å². The smallest absolute Gasteiger partial charge is 0.0628 e. The molecule has 1 aromatic rings. The highest BCUT2D eigenvalue weighted by atomic mass is 16.3. The number of nitrogens with zero attached hydrogens (tertiary/aromatic N) is 2. The zero-order valence-corrected chi connectivity index (χ0v) is 12.1. The lowest BCUT2D eigenvalue weighted by Gasteiger charge is -2.31. The summed E-state index contributed by atoms with van der Waals surface area (Å²) in [5.41, 5.74) is 2.50. The maximum atomic E-state index is 10.5. The Balaban J connectivity index is 2.09. The molecule has 3 heteroatoms. The van der Waals surface area contributed by atoms with Gasteiger partial charge in [-0.1, -0.05) is 20.3 Å². The first-order chi connectivity index (χ1) is 8.44. The molecule has 2 atom stereocenters. The van der Waals surface area contributed by atoms with Crippen molar-refractivity contribution in [2.24, 2.45) is 11.3 Å². The minimum Gasteiger partial charge on any atom is -0.392 e. The zero-order valence-electron chi connectivity index (χ0n) is 12.1. The Labute approximate surface area is 110 Å². The first-order valence-corrected chi connectivity index (χ1v) is 7.15. The molecule has 1 fully saturated rings. The van der Waals surface area contributed by atoms with Crippen molar-refractivity contribution in [3.63, 3.8) is 0 Å². The number of hydrogen-bond acceptors (Lipinski definition) is 2. The lowest BCUT2D eigenvalue weighted by atomic mass is 9.77. The summed E-state index contributed by atoms with van der Waals surface area (Å²) in [7, 11) is 0. The van der Waals surface area contributed by atoms with Crippen LogP contribution in [0.3, 0.4) is 0 Å². The molecule has 0 aromatic carbocycles. The van der Waals surface area contributed by atoms with Crippen molar-refractivity contribution in [2.45, 2.75) is 66.0 Å². The van der Waals surface area contributed by atoms with Crippen LogP contribution in [0.5, 0.6) is 0 Å². The van der Waals surface area contributed by atoms with Crippen molar-refractivity contribution in [2.75, 3.05) is 0 Å². The Morgan fingerprint density at radius 1 is 1.56 bits per heavy atom. The molecule has 0 aliphatic heterocycles. The molecule has 1 saturated carbocycles. The van der Waals surface area contributed by atoms with Gasteiger partial charge >= 0.3 is 0 Å². The fraction of sp³-hybridized carbons (Fsp3) is 0.800. The first kappa shape index (κ1) is 13.6. The van der Waals surface area contributed by atoms with Crippen LogP contribution < -0.4 is 0 Å². The molecule has 1 aromatic heterocycles. The molecule has 0 bridgehead atoms. The van der Waals surface area contributed by atoms with E-state index in [0.717, 1.165) is 25.1 Å². The third-order valence-corrected chi connectivity index (χ3v) is 4.51. The molecule has 2 rings (SSSR count). The molecule has 1 N–H and O–H groups in total. The second-order valence-corrected chi connectivity index (χ2v) is 6.35. The Bertz CT molecular complexity index is 409. The van der Waals surface area contributed by atoms with Gasteiger partial charge in [0.2, 0.25) is 0 Å². The predicted octanol–water partition coefficient (Wildman–Crippen LogP) is 2.94. The molecular formula is C15H26N2O. The first-order valence-electron chi connectivity index (χ1n) is 7.15. The van der Waals surface area contributed by atoms with E-state index < -0.39 is 0 Å². The fourth-order valence-corrected chi connectivity index (χ4v) is 3.46. The van der Waals surface area contributed by atoms with Crippen LogP contribution >= 0.6 is 0 Å².